The van der Waals surface area contributed by atoms with Crippen LogP contribution in [-0.4, -0.2) is 43.1 Å². The molecular formula is C16H26N4O. The summed E-state index contributed by atoms with van der Waals surface area (Å²) < 4.78 is 0. The van der Waals surface area contributed by atoms with Gasteiger partial charge >= 0.3 is 0 Å². The minimum atomic E-state index is 0.0266. The summed E-state index contributed by atoms with van der Waals surface area (Å²) >= 11 is 0. The molecule has 116 valence electrons. The van der Waals surface area contributed by atoms with E-state index in [1.54, 1.807) is 0 Å². The number of nitrogens with zero attached hydrogens (tertiary/aromatic N) is 2. The second-order valence-electron chi connectivity index (χ2n) is 5.67. The normalized spacial score (nSPS) is 17.5. The number of anilines is 1. The summed E-state index contributed by atoms with van der Waals surface area (Å²) in [6.45, 7) is 7.57. The van der Waals surface area contributed by atoms with Gasteiger partial charge in [0.15, 0.2) is 0 Å². The van der Waals surface area contributed by atoms with Crippen LogP contribution in [0.1, 0.15) is 26.7 Å². The molecule has 1 atom stereocenters. The highest BCUT2D eigenvalue weighted by Gasteiger charge is 2.23. The van der Waals surface area contributed by atoms with Crippen LogP contribution in [0, 0.1) is 5.92 Å². The molecule has 0 aromatic carbocycles. The second kappa shape index (κ2) is 7.98. The van der Waals surface area contributed by atoms with E-state index in [-0.39, 0.29) is 11.8 Å². The molecule has 0 radical (unpaired) electrons. The first kappa shape index (κ1) is 15.8. The van der Waals surface area contributed by atoms with E-state index in [1.165, 1.54) is 0 Å². The lowest BCUT2D eigenvalue weighted by Gasteiger charge is -2.33. The molecule has 21 heavy (non-hydrogen) atoms. The molecule has 1 aromatic heterocycles. The van der Waals surface area contributed by atoms with Gasteiger partial charge in [0.25, 0.3) is 0 Å². The van der Waals surface area contributed by atoms with Crippen molar-refractivity contribution in [3.63, 3.8) is 0 Å². The molecule has 1 saturated heterocycles. The van der Waals surface area contributed by atoms with Crippen LogP contribution >= 0.6 is 0 Å². The van der Waals surface area contributed by atoms with Crippen LogP contribution in [0.2, 0.25) is 0 Å². The Balaban J connectivity index is 1.75. The van der Waals surface area contributed by atoms with Gasteiger partial charge in [-0.25, -0.2) is 4.98 Å². The van der Waals surface area contributed by atoms with Crippen LogP contribution < -0.4 is 15.5 Å². The van der Waals surface area contributed by atoms with Crippen molar-refractivity contribution in [2.24, 2.45) is 5.92 Å². The molecule has 0 spiro atoms. The van der Waals surface area contributed by atoms with Crippen molar-refractivity contribution >= 4 is 11.7 Å². The maximum atomic E-state index is 12.1. The first-order chi connectivity index (χ1) is 10.2. The fourth-order valence-corrected chi connectivity index (χ4v) is 2.59. The van der Waals surface area contributed by atoms with Crippen LogP contribution in [0.4, 0.5) is 5.82 Å². The number of pyridine rings is 1. The monoisotopic (exact) mass is 290 g/mol. The largest absolute Gasteiger partial charge is 0.356 e. The third kappa shape index (κ3) is 4.70. The molecule has 1 fully saturated rings. The van der Waals surface area contributed by atoms with E-state index < -0.39 is 0 Å². The zero-order valence-electron chi connectivity index (χ0n) is 13.0. The average Bonchev–Trinajstić information content (AvgIpc) is 2.54. The van der Waals surface area contributed by atoms with Crippen molar-refractivity contribution in [3.8, 4) is 0 Å². The first-order valence-corrected chi connectivity index (χ1v) is 7.87. The average molecular weight is 290 g/mol. The zero-order valence-corrected chi connectivity index (χ0v) is 13.0. The predicted octanol–water partition coefficient (Wildman–Crippen LogP) is 1.41. The Kier molecular flexibility index (Phi) is 5.99. The third-order valence-electron chi connectivity index (χ3n) is 3.96. The van der Waals surface area contributed by atoms with Crippen LogP contribution in [0.25, 0.3) is 0 Å². The summed E-state index contributed by atoms with van der Waals surface area (Å²) in [6, 6.07) is 6.28. The van der Waals surface area contributed by atoms with Gasteiger partial charge in [-0.1, -0.05) is 19.9 Å². The molecule has 1 amide bonds. The molecular weight excluding hydrogens is 264 g/mol. The zero-order chi connectivity index (χ0) is 15.1. The maximum Gasteiger partial charge on any atom is 0.224 e. The minimum absolute atomic E-state index is 0.0266. The number of rotatable bonds is 6. The van der Waals surface area contributed by atoms with Gasteiger partial charge in [-0.3, -0.25) is 4.79 Å². The summed E-state index contributed by atoms with van der Waals surface area (Å²) in [5.41, 5.74) is 0. The molecule has 1 aromatic rings. The summed E-state index contributed by atoms with van der Waals surface area (Å²) in [6.07, 6.45) is 3.79. The van der Waals surface area contributed by atoms with Gasteiger partial charge in [-0.15, -0.1) is 0 Å². The van der Waals surface area contributed by atoms with E-state index in [4.69, 9.17) is 0 Å². The van der Waals surface area contributed by atoms with Crippen LogP contribution in [-0.2, 0) is 4.79 Å². The SMILES string of the molecule is CCNCC(C)C(=O)NC1CCN(c2ccccn2)CC1. The lowest BCUT2D eigenvalue weighted by Crippen LogP contribution is -2.47. The molecule has 0 bridgehead atoms. The van der Waals surface area contributed by atoms with Gasteiger partial charge < -0.3 is 15.5 Å². The number of amides is 1. The van der Waals surface area contributed by atoms with Crippen molar-refractivity contribution in [2.45, 2.75) is 32.7 Å². The van der Waals surface area contributed by atoms with Gasteiger partial charge in [0.05, 0.1) is 0 Å². The topological polar surface area (TPSA) is 57.3 Å². The van der Waals surface area contributed by atoms with Crippen molar-refractivity contribution in [1.29, 1.82) is 0 Å². The fourth-order valence-electron chi connectivity index (χ4n) is 2.59. The molecule has 2 N–H and O–H groups in total. The summed E-state index contributed by atoms with van der Waals surface area (Å²) in [7, 11) is 0. The number of aromatic nitrogens is 1. The van der Waals surface area contributed by atoms with E-state index >= 15 is 0 Å². The highest BCUT2D eigenvalue weighted by Crippen LogP contribution is 2.17. The Labute approximate surface area is 127 Å². The van der Waals surface area contributed by atoms with Gasteiger partial charge in [0.2, 0.25) is 5.91 Å². The second-order valence-corrected chi connectivity index (χ2v) is 5.67. The highest BCUT2D eigenvalue weighted by atomic mass is 16.1. The lowest BCUT2D eigenvalue weighted by molar-refractivity contribution is -0.125. The fraction of sp³-hybridized carbons (Fsp3) is 0.625. The molecule has 1 unspecified atom stereocenters. The van der Waals surface area contributed by atoms with Crippen molar-refractivity contribution in [1.82, 2.24) is 15.6 Å². The van der Waals surface area contributed by atoms with Crippen LogP contribution in [0.3, 0.4) is 0 Å². The van der Waals surface area contributed by atoms with E-state index in [1.807, 2.05) is 31.3 Å². The van der Waals surface area contributed by atoms with Crippen molar-refractivity contribution in [3.05, 3.63) is 24.4 Å². The van der Waals surface area contributed by atoms with Crippen molar-refractivity contribution < 1.29 is 4.79 Å². The molecule has 2 heterocycles. The van der Waals surface area contributed by atoms with E-state index in [0.717, 1.165) is 44.8 Å². The molecule has 0 saturated carbocycles. The summed E-state index contributed by atoms with van der Waals surface area (Å²) in [5, 5.41) is 6.39. The molecule has 5 heteroatoms. The van der Waals surface area contributed by atoms with Gasteiger partial charge in [0.1, 0.15) is 5.82 Å². The third-order valence-corrected chi connectivity index (χ3v) is 3.96. The molecule has 5 nitrogen and oxygen atoms in total. The van der Waals surface area contributed by atoms with Crippen molar-refractivity contribution in [2.75, 3.05) is 31.1 Å². The number of carbonyl (C=O) groups is 1. The van der Waals surface area contributed by atoms with E-state index in [0.29, 0.717) is 6.04 Å². The predicted molar refractivity (Wildman–Crippen MR) is 85.3 cm³/mol. The number of hydrogen-bond donors (Lipinski definition) is 2. The quantitative estimate of drug-likeness (QED) is 0.832. The smallest absolute Gasteiger partial charge is 0.224 e. The number of nitrogens with one attached hydrogen (secondary N) is 2. The van der Waals surface area contributed by atoms with Gasteiger partial charge in [-0.05, 0) is 31.5 Å². The number of carbonyl (C=O) groups excluding carboxylic acids is 1. The summed E-state index contributed by atoms with van der Waals surface area (Å²) in [5.74, 6) is 1.22. The molecule has 0 aliphatic carbocycles. The number of piperidine rings is 1. The Hall–Kier alpha value is -1.62. The minimum Gasteiger partial charge on any atom is -0.356 e. The molecule has 2 rings (SSSR count). The number of hydrogen-bond acceptors (Lipinski definition) is 4. The van der Waals surface area contributed by atoms with Gasteiger partial charge in [0, 0.05) is 37.8 Å². The Bertz CT molecular complexity index is 429. The first-order valence-electron chi connectivity index (χ1n) is 7.87. The van der Waals surface area contributed by atoms with Crippen LogP contribution in [0.5, 0.6) is 0 Å². The Morgan fingerprint density at radius 3 is 2.81 bits per heavy atom. The lowest BCUT2D eigenvalue weighted by atomic mass is 10.0. The molecule has 1 aliphatic rings. The highest BCUT2D eigenvalue weighted by molar-refractivity contribution is 5.78. The Morgan fingerprint density at radius 1 is 1.43 bits per heavy atom. The standard InChI is InChI=1S/C16H26N4O/c1-3-17-12-13(2)16(21)19-14-7-10-20(11-8-14)15-6-4-5-9-18-15/h4-6,9,13-14,17H,3,7-8,10-12H2,1-2H3,(H,19,21). The Morgan fingerprint density at radius 2 is 2.19 bits per heavy atom. The van der Waals surface area contributed by atoms with E-state index in [9.17, 15) is 4.79 Å². The van der Waals surface area contributed by atoms with E-state index in [2.05, 4.69) is 27.4 Å². The maximum absolute atomic E-state index is 12.1. The summed E-state index contributed by atoms with van der Waals surface area (Å²) in [4.78, 5) is 18.8. The molecule has 1 aliphatic heterocycles. The van der Waals surface area contributed by atoms with Gasteiger partial charge in [-0.2, -0.15) is 0 Å². The van der Waals surface area contributed by atoms with Crippen LogP contribution in [0.15, 0.2) is 24.4 Å².